The van der Waals surface area contributed by atoms with E-state index in [1.54, 1.807) is 13.3 Å². The molecular weight excluding hydrogens is 364 g/mol. The maximum absolute atomic E-state index is 13.4. The molecule has 0 unspecified atom stereocenters. The summed E-state index contributed by atoms with van der Waals surface area (Å²) in [7, 11) is 5.70. The number of ether oxygens (including phenoxy) is 1. The van der Waals surface area contributed by atoms with Gasteiger partial charge >= 0.3 is 0 Å². The number of nitrogens with zero attached hydrogens (tertiary/aromatic N) is 3. The fourth-order valence-electron chi connectivity index (χ4n) is 3.40. The second kappa shape index (κ2) is 9.09. The van der Waals surface area contributed by atoms with Gasteiger partial charge in [-0.1, -0.05) is 24.3 Å². The van der Waals surface area contributed by atoms with Crippen molar-refractivity contribution in [2.75, 3.05) is 34.3 Å². The zero-order valence-electron chi connectivity index (χ0n) is 17.9. The molecule has 6 nitrogen and oxygen atoms in total. The van der Waals surface area contributed by atoms with Crippen molar-refractivity contribution >= 4 is 16.7 Å². The summed E-state index contributed by atoms with van der Waals surface area (Å²) >= 11 is 0. The number of benzene rings is 2. The van der Waals surface area contributed by atoms with E-state index in [-0.39, 0.29) is 11.8 Å². The minimum absolute atomic E-state index is 0.118. The monoisotopic (exact) mass is 394 g/mol. The van der Waals surface area contributed by atoms with Gasteiger partial charge in [0, 0.05) is 13.1 Å². The molecule has 154 valence electrons. The summed E-state index contributed by atoms with van der Waals surface area (Å²) in [5.41, 5.74) is 1.97. The number of hydrogen-bond acceptors (Lipinski definition) is 4. The molecule has 0 aliphatic heterocycles. The highest BCUT2D eigenvalue weighted by Crippen LogP contribution is 2.26. The van der Waals surface area contributed by atoms with E-state index in [0.717, 1.165) is 40.1 Å². The van der Waals surface area contributed by atoms with E-state index in [0.29, 0.717) is 13.1 Å². The first-order chi connectivity index (χ1) is 13.9. The molecule has 1 heterocycles. The van der Waals surface area contributed by atoms with E-state index in [2.05, 4.69) is 27.0 Å². The molecule has 6 heteroatoms. The fourth-order valence-corrected chi connectivity index (χ4v) is 3.40. The van der Waals surface area contributed by atoms with Crippen LogP contribution in [-0.2, 0) is 11.3 Å². The molecule has 29 heavy (non-hydrogen) atoms. The molecule has 0 spiro atoms. The van der Waals surface area contributed by atoms with Crippen LogP contribution in [-0.4, -0.2) is 60.0 Å². The number of methoxy groups -OCH3 is 1. The molecule has 1 amide bonds. The Balaban J connectivity index is 1.82. The lowest BCUT2D eigenvalue weighted by atomic mass is 9.96. The van der Waals surface area contributed by atoms with E-state index >= 15 is 0 Å². The summed E-state index contributed by atoms with van der Waals surface area (Å²) in [5, 5.41) is 2.21. The molecule has 0 aliphatic carbocycles. The summed E-state index contributed by atoms with van der Waals surface area (Å²) < 4.78 is 5.30. The molecular formula is C23H30N4O2. The molecule has 3 aromatic rings. The molecule has 0 saturated carbocycles. The highest BCUT2D eigenvalue weighted by molar-refractivity contribution is 5.88. The van der Waals surface area contributed by atoms with Crippen LogP contribution in [0.15, 0.2) is 42.6 Å². The SMILES string of the molecule is COc1ccc2cc([C@H](C)C(=O)N(CCN(C)C)Cc3cnc(C)[nH]3)ccc2c1. The highest BCUT2D eigenvalue weighted by Gasteiger charge is 2.23. The minimum Gasteiger partial charge on any atom is -0.497 e. The largest absolute Gasteiger partial charge is 0.497 e. The van der Waals surface area contributed by atoms with Crippen molar-refractivity contribution in [1.82, 2.24) is 19.8 Å². The summed E-state index contributed by atoms with van der Waals surface area (Å²) in [5.74, 6) is 1.58. The third kappa shape index (κ3) is 5.15. The van der Waals surface area contributed by atoms with Gasteiger partial charge in [-0.2, -0.15) is 0 Å². The first-order valence-corrected chi connectivity index (χ1v) is 9.89. The number of nitrogens with one attached hydrogen (secondary N) is 1. The maximum Gasteiger partial charge on any atom is 0.230 e. The number of carbonyl (C=O) groups excluding carboxylic acids is 1. The average Bonchev–Trinajstić information content (AvgIpc) is 3.13. The molecule has 1 N–H and O–H groups in total. The van der Waals surface area contributed by atoms with Gasteiger partial charge in [0.15, 0.2) is 0 Å². The van der Waals surface area contributed by atoms with Crippen LogP contribution in [0.5, 0.6) is 5.75 Å². The van der Waals surface area contributed by atoms with Crippen molar-refractivity contribution in [3.63, 3.8) is 0 Å². The molecule has 3 rings (SSSR count). The Kier molecular flexibility index (Phi) is 6.54. The Bertz CT molecular complexity index is 980. The van der Waals surface area contributed by atoms with Crippen molar-refractivity contribution in [3.8, 4) is 5.75 Å². The normalized spacial score (nSPS) is 12.3. The Morgan fingerprint density at radius 3 is 2.52 bits per heavy atom. The quantitative estimate of drug-likeness (QED) is 0.634. The van der Waals surface area contributed by atoms with E-state index in [1.807, 2.05) is 57.1 Å². The number of rotatable bonds is 8. The van der Waals surface area contributed by atoms with Gasteiger partial charge in [0.2, 0.25) is 5.91 Å². The van der Waals surface area contributed by atoms with Crippen LogP contribution in [0.2, 0.25) is 0 Å². The van der Waals surface area contributed by atoms with Crippen molar-refractivity contribution in [1.29, 1.82) is 0 Å². The minimum atomic E-state index is -0.229. The number of aromatic amines is 1. The van der Waals surface area contributed by atoms with Gasteiger partial charge in [-0.25, -0.2) is 4.98 Å². The maximum atomic E-state index is 13.4. The predicted molar refractivity (Wildman–Crippen MR) is 116 cm³/mol. The average molecular weight is 395 g/mol. The third-order valence-corrected chi connectivity index (χ3v) is 5.19. The number of imidazole rings is 1. The van der Waals surface area contributed by atoms with Gasteiger partial charge < -0.3 is 19.5 Å². The number of hydrogen-bond donors (Lipinski definition) is 1. The summed E-state index contributed by atoms with van der Waals surface area (Å²) in [4.78, 5) is 24.9. The van der Waals surface area contributed by atoms with E-state index in [4.69, 9.17) is 4.74 Å². The Hall–Kier alpha value is -2.86. The van der Waals surface area contributed by atoms with Crippen LogP contribution < -0.4 is 4.74 Å². The molecule has 1 atom stereocenters. The second-order valence-electron chi connectivity index (χ2n) is 7.75. The Morgan fingerprint density at radius 1 is 1.14 bits per heavy atom. The van der Waals surface area contributed by atoms with Gasteiger partial charge in [0.05, 0.1) is 31.5 Å². The first kappa shape index (κ1) is 20.9. The van der Waals surface area contributed by atoms with Crippen molar-refractivity contribution in [2.45, 2.75) is 26.3 Å². The standard InChI is InChI=1S/C23H30N4O2/c1-16(18-6-7-20-13-22(29-5)9-8-19(20)12-18)23(28)27(11-10-26(3)4)15-21-14-24-17(2)25-21/h6-9,12-14,16H,10-11,15H2,1-5H3,(H,24,25)/t16-/m0/s1. The van der Waals surface area contributed by atoms with E-state index < -0.39 is 0 Å². The van der Waals surface area contributed by atoms with Gasteiger partial charge in [-0.15, -0.1) is 0 Å². The molecule has 0 bridgehead atoms. The van der Waals surface area contributed by atoms with Crippen LogP contribution in [0.4, 0.5) is 0 Å². The summed E-state index contributed by atoms with van der Waals surface area (Å²) in [6.07, 6.45) is 1.80. The van der Waals surface area contributed by atoms with Crippen LogP contribution in [0.25, 0.3) is 10.8 Å². The predicted octanol–water partition coefficient (Wildman–Crippen LogP) is 3.57. The first-order valence-electron chi connectivity index (χ1n) is 9.89. The molecule has 0 fully saturated rings. The molecule has 2 aromatic carbocycles. The number of amides is 1. The summed E-state index contributed by atoms with van der Waals surface area (Å²) in [6, 6.07) is 12.2. The number of fused-ring (bicyclic) bond motifs is 1. The second-order valence-corrected chi connectivity index (χ2v) is 7.75. The van der Waals surface area contributed by atoms with Gasteiger partial charge in [0.25, 0.3) is 0 Å². The number of aromatic nitrogens is 2. The van der Waals surface area contributed by atoms with E-state index in [9.17, 15) is 4.79 Å². The number of aryl methyl sites for hydroxylation is 1. The van der Waals surface area contributed by atoms with Crippen LogP contribution in [0.3, 0.4) is 0 Å². The number of carbonyl (C=O) groups is 1. The van der Waals surface area contributed by atoms with Crippen molar-refractivity contribution in [2.24, 2.45) is 0 Å². The Morgan fingerprint density at radius 2 is 1.86 bits per heavy atom. The molecule has 0 radical (unpaired) electrons. The van der Waals surface area contributed by atoms with Crippen molar-refractivity contribution in [3.05, 3.63) is 59.7 Å². The Labute approximate surface area is 172 Å². The lowest BCUT2D eigenvalue weighted by Gasteiger charge is -2.27. The third-order valence-electron chi connectivity index (χ3n) is 5.19. The van der Waals surface area contributed by atoms with Gasteiger partial charge in [-0.05, 0) is 56.4 Å². The molecule has 1 aromatic heterocycles. The zero-order valence-corrected chi connectivity index (χ0v) is 17.9. The van der Waals surface area contributed by atoms with E-state index in [1.165, 1.54) is 0 Å². The molecule has 0 aliphatic rings. The smallest absolute Gasteiger partial charge is 0.230 e. The summed E-state index contributed by atoms with van der Waals surface area (Å²) in [6.45, 7) is 5.90. The van der Waals surface area contributed by atoms with Crippen molar-refractivity contribution < 1.29 is 9.53 Å². The van der Waals surface area contributed by atoms with Crippen LogP contribution in [0.1, 0.15) is 29.9 Å². The number of likely N-dealkylation sites (N-methyl/N-ethyl adjacent to an activating group) is 1. The molecule has 0 saturated heterocycles. The van der Waals surface area contributed by atoms with Gasteiger partial charge in [-0.3, -0.25) is 4.79 Å². The lowest BCUT2D eigenvalue weighted by molar-refractivity contribution is -0.133. The highest BCUT2D eigenvalue weighted by atomic mass is 16.5. The zero-order chi connectivity index (χ0) is 21.0. The van der Waals surface area contributed by atoms with Gasteiger partial charge in [0.1, 0.15) is 11.6 Å². The number of H-pyrrole nitrogens is 1. The topological polar surface area (TPSA) is 61.5 Å². The van der Waals surface area contributed by atoms with Crippen LogP contribution >= 0.6 is 0 Å². The van der Waals surface area contributed by atoms with Crippen LogP contribution in [0, 0.1) is 6.92 Å². The lowest BCUT2D eigenvalue weighted by Crippen LogP contribution is -2.38. The fraction of sp³-hybridized carbons (Fsp3) is 0.391.